The molecule has 0 saturated carbocycles. The van der Waals surface area contributed by atoms with E-state index in [0.29, 0.717) is 6.42 Å². The molecule has 0 spiro atoms. The molecule has 2 atom stereocenters. The summed E-state index contributed by atoms with van der Waals surface area (Å²) in [6.07, 6.45) is 0.853. The van der Waals surface area contributed by atoms with Crippen LogP contribution in [0.4, 0.5) is 16.2 Å². The topological polar surface area (TPSA) is 101 Å². The van der Waals surface area contributed by atoms with Crippen molar-refractivity contribution in [1.82, 2.24) is 4.90 Å². The van der Waals surface area contributed by atoms with Gasteiger partial charge in [0.15, 0.2) is 26.0 Å². The van der Waals surface area contributed by atoms with E-state index in [4.69, 9.17) is 13.9 Å². The van der Waals surface area contributed by atoms with Crippen molar-refractivity contribution in [3.8, 4) is 11.5 Å². The van der Waals surface area contributed by atoms with Crippen LogP contribution in [0.25, 0.3) is 0 Å². The van der Waals surface area contributed by atoms with Crippen molar-refractivity contribution in [2.45, 2.75) is 71.1 Å². The van der Waals surface area contributed by atoms with E-state index in [1.165, 1.54) is 24.1 Å². The van der Waals surface area contributed by atoms with Gasteiger partial charge in [-0.15, -0.1) is 0 Å². The summed E-state index contributed by atoms with van der Waals surface area (Å²) in [5.41, 5.74) is 3.20. The molecule has 2 aromatic rings. The van der Waals surface area contributed by atoms with E-state index in [1.54, 1.807) is 4.90 Å². The monoisotopic (exact) mass is 553 g/mol. The first-order chi connectivity index (χ1) is 18.3. The number of rotatable bonds is 6. The van der Waals surface area contributed by atoms with Crippen LogP contribution in [0.15, 0.2) is 48.2 Å². The first-order valence-corrected chi connectivity index (χ1v) is 16.0. The summed E-state index contributed by atoms with van der Waals surface area (Å²) in [5, 5.41) is 13.6. The number of ether oxygens (including phenoxy) is 2. The molecule has 0 saturated heterocycles. The minimum Gasteiger partial charge on any atom is -0.504 e. The number of amides is 2. The molecular formula is C29H39N3O6Si. The van der Waals surface area contributed by atoms with Crippen LogP contribution >= 0.6 is 0 Å². The van der Waals surface area contributed by atoms with E-state index < -0.39 is 26.7 Å². The van der Waals surface area contributed by atoms with Gasteiger partial charge in [0.1, 0.15) is 6.61 Å². The van der Waals surface area contributed by atoms with E-state index in [1.807, 2.05) is 44.4 Å². The van der Waals surface area contributed by atoms with E-state index in [-0.39, 0.29) is 40.3 Å². The second kappa shape index (κ2) is 10.6. The highest BCUT2D eigenvalue weighted by atomic mass is 28.4. The van der Waals surface area contributed by atoms with Crippen molar-refractivity contribution in [2.24, 2.45) is 0 Å². The van der Waals surface area contributed by atoms with Gasteiger partial charge in [0.05, 0.1) is 24.4 Å². The Balaban J connectivity index is 1.82. The van der Waals surface area contributed by atoms with Crippen LogP contribution in [0, 0.1) is 0 Å². The number of benzene rings is 2. The van der Waals surface area contributed by atoms with Gasteiger partial charge in [-0.25, -0.2) is 9.69 Å². The number of phenolic OH excluding ortho intramolecular Hbond substituents is 1. The van der Waals surface area contributed by atoms with Gasteiger partial charge in [-0.3, -0.25) is 4.79 Å². The Kier molecular flexibility index (Phi) is 7.73. The van der Waals surface area contributed by atoms with Crippen LogP contribution in [0.3, 0.4) is 0 Å². The summed E-state index contributed by atoms with van der Waals surface area (Å²) in [6.45, 7) is 12.6. The maximum Gasteiger partial charge on any atom is 0.416 e. The number of phenols is 1. The van der Waals surface area contributed by atoms with Crippen molar-refractivity contribution in [3.63, 3.8) is 0 Å². The molecule has 0 fully saturated rings. The zero-order valence-corrected chi connectivity index (χ0v) is 25.0. The Bertz CT molecular complexity index is 1290. The van der Waals surface area contributed by atoms with E-state index in [9.17, 15) is 14.7 Å². The van der Waals surface area contributed by atoms with Crippen LogP contribution in [-0.4, -0.2) is 56.8 Å². The summed E-state index contributed by atoms with van der Waals surface area (Å²) < 4.78 is 18.1. The Labute approximate surface area is 231 Å². The molecule has 1 unspecified atom stereocenters. The highest BCUT2D eigenvalue weighted by Crippen LogP contribution is 2.45. The van der Waals surface area contributed by atoms with E-state index in [0.717, 1.165) is 16.8 Å². The molecule has 2 amide bonds. The average molecular weight is 554 g/mol. The highest BCUT2D eigenvalue weighted by Gasteiger charge is 2.50. The van der Waals surface area contributed by atoms with Crippen molar-refractivity contribution < 1.29 is 28.6 Å². The fourth-order valence-electron chi connectivity index (χ4n) is 4.60. The molecule has 0 bridgehead atoms. The number of fused-ring (bicyclic) bond motifs is 2. The van der Waals surface area contributed by atoms with Crippen molar-refractivity contribution >= 4 is 31.7 Å². The fraction of sp³-hybridized carbons (Fsp3) is 0.448. The molecule has 2 heterocycles. The second-order valence-electron chi connectivity index (χ2n) is 11.6. The summed E-state index contributed by atoms with van der Waals surface area (Å²) in [4.78, 5) is 30.9. The van der Waals surface area contributed by atoms with Gasteiger partial charge < -0.3 is 29.2 Å². The van der Waals surface area contributed by atoms with Crippen LogP contribution < -0.4 is 15.0 Å². The molecule has 0 aromatic heterocycles. The number of carbonyl (C=O) groups is 2. The molecule has 2 aliphatic heterocycles. The van der Waals surface area contributed by atoms with Crippen LogP contribution in [0.2, 0.25) is 18.1 Å². The molecule has 4 rings (SSSR count). The van der Waals surface area contributed by atoms with Crippen LogP contribution in [0.5, 0.6) is 11.5 Å². The minimum atomic E-state index is -2.46. The van der Waals surface area contributed by atoms with Gasteiger partial charge in [0, 0.05) is 25.0 Å². The first kappa shape index (κ1) is 28.5. The highest BCUT2D eigenvalue weighted by molar-refractivity contribution is 6.74. The number of carbonyl (C=O) groups excluding carboxylic acids is 2. The van der Waals surface area contributed by atoms with Crippen LogP contribution in [0.1, 0.15) is 50.0 Å². The molecule has 0 radical (unpaired) electrons. The maximum atomic E-state index is 14.0. The minimum absolute atomic E-state index is 0.0310. The summed E-state index contributed by atoms with van der Waals surface area (Å²) in [6, 6.07) is 9.96. The Morgan fingerprint density at radius 2 is 1.85 bits per heavy atom. The van der Waals surface area contributed by atoms with Gasteiger partial charge in [-0.2, -0.15) is 0 Å². The van der Waals surface area contributed by atoms with Crippen molar-refractivity contribution in [1.29, 1.82) is 0 Å². The van der Waals surface area contributed by atoms with Gasteiger partial charge in [0.25, 0.3) is 5.91 Å². The molecule has 0 aliphatic carbocycles. The number of nitrogens with zero attached hydrogens (tertiary/aromatic N) is 2. The molecule has 2 aliphatic rings. The Morgan fingerprint density at radius 1 is 1.18 bits per heavy atom. The van der Waals surface area contributed by atoms with E-state index >= 15 is 0 Å². The lowest BCUT2D eigenvalue weighted by Gasteiger charge is -2.44. The third kappa shape index (κ3) is 5.49. The Morgan fingerprint density at radius 3 is 2.44 bits per heavy atom. The summed E-state index contributed by atoms with van der Waals surface area (Å²) >= 11 is 0. The average Bonchev–Trinajstić information content (AvgIpc) is 3.24. The number of nitrogens with one attached hydrogen (secondary N) is 1. The largest absolute Gasteiger partial charge is 0.504 e. The predicted molar refractivity (Wildman–Crippen MR) is 154 cm³/mol. The van der Waals surface area contributed by atoms with Gasteiger partial charge in [-0.1, -0.05) is 38.5 Å². The molecule has 2 N–H and O–H groups in total. The van der Waals surface area contributed by atoms with E-state index in [2.05, 4.69) is 39.2 Å². The molecule has 2 aromatic carbocycles. The zero-order valence-electron chi connectivity index (χ0n) is 24.0. The second-order valence-corrected chi connectivity index (χ2v) is 16.4. The molecule has 9 nitrogen and oxygen atoms in total. The smallest absolute Gasteiger partial charge is 0.416 e. The zero-order chi connectivity index (χ0) is 28.7. The number of hydrogen-bond donors (Lipinski definition) is 2. The van der Waals surface area contributed by atoms with Gasteiger partial charge >= 0.3 is 6.09 Å². The molecule has 10 heteroatoms. The normalized spacial score (nSPS) is 19.2. The van der Waals surface area contributed by atoms with Gasteiger partial charge in [-0.05, 0) is 55.2 Å². The quantitative estimate of drug-likeness (QED) is 0.419. The van der Waals surface area contributed by atoms with Gasteiger partial charge in [0.2, 0.25) is 0 Å². The lowest BCUT2D eigenvalue weighted by atomic mass is 10.1. The lowest BCUT2D eigenvalue weighted by molar-refractivity contribution is 0.0578. The molecular weight excluding hydrogens is 514 g/mol. The number of anilines is 2. The fourth-order valence-corrected chi connectivity index (χ4v) is 5.82. The molecule has 39 heavy (non-hydrogen) atoms. The predicted octanol–water partition coefficient (Wildman–Crippen LogP) is 6.07. The first-order valence-electron chi connectivity index (χ1n) is 13.1. The molecule has 210 valence electrons. The maximum absolute atomic E-state index is 14.0. The van der Waals surface area contributed by atoms with Crippen LogP contribution in [-0.2, 0) is 15.8 Å². The number of aromatic hydroxyl groups is 1. The SMILES string of the molecule is CNc1ccc(COC(=O)N2c3cc(O)c(OC)cc3C(=O)N3C=C(C)C[C@H]3C2O[Si](C)(C)C(C)(C)C)cc1. The number of methoxy groups -OCH3 is 1. The third-order valence-electron chi connectivity index (χ3n) is 7.88. The van der Waals surface area contributed by atoms with Crippen molar-refractivity contribution in [3.05, 3.63) is 59.3 Å². The van der Waals surface area contributed by atoms with Crippen molar-refractivity contribution in [2.75, 3.05) is 24.4 Å². The lowest BCUT2D eigenvalue weighted by Crippen LogP contribution is -2.57. The third-order valence-corrected chi connectivity index (χ3v) is 12.3. The number of hydrogen-bond acceptors (Lipinski definition) is 7. The summed E-state index contributed by atoms with van der Waals surface area (Å²) in [5.74, 6) is -0.350. The summed E-state index contributed by atoms with van der Waals surface area (Å²) in [7, 11) is 0.792. The Hall–Kier alpha value is -3.50. The standard InChI is InChI=1S/C29H39N3O6Si/c1-18-13-23-27(38-39(7,8)29(2,3)4)32(28(35)37-17-19-9-11-20(30-5)12-10-19)22-15-24(33)25(36-6)14-21(22)26(34)31(23)16-18/h9-12,14-16,23,27,30,33H,13,17H2,1-8H3/t23-,27?/m0/s1.